The predicted octanol–water partition coefficient (Wildman–Crippen LogP) is 2.46. The maximum atomic E-state index is 11.0. The maximum Gasteiger partial charge on any atom is 0.173 e. The van der Waals surface area contributed by atoms with Gasteiger partial charge in [-0.3, -0.25) is 4.98 Å². The Morgan fingerprint density at radius 2 is 1.76 bits per heavy atom. The van der Waals surface area contributed by atoms with E-state index >= 15 is 0 Å². The molecule has 3 heterocycles. The molecule has 0 spiro atoms. The molecule has 1 aliphatic rings. The molecule has 4 rings (SSSR count). The van der Waals surface area contributed by atoms with E-state index in [1.165, 1.54) is 5.56 Å². The molecule has 1 fully saturated rings. The van der Waals surface area contributed by atoms with E-state index in [4.69, 9.17) is 0 Å². The molecule has 6 nitrogen and oxygen atoms in total. The van der Waals surface area contributed by atoms with Crippen LogP contribution in [-0.2, 0) is 5.60 Å². The molecule has 1 aromatic carbocycles. The van der Waals surface area contributed by atoms with Crippen LogP contribution in [0.15, 0.2) is 55.1 Å². The summed E-state index contributed by atoms with van der Waals surface area (Å²) in [6.45, 7) is 3.53. The molecule has 0 radical (unpaired) electrons. The molecular weight excluding hydrogens is 314 g/mol. The third-order valence-electron chi connectivity index (χ3n) is 4.85. The number of benzene rings is 1. The lowest BCUT2D eigenvalue weighted by Gasteiger charge is -2.39. The summed E-state index contributed by atoms with van der Waals surface area (Å²) in [6, 6.07) is 10.0. The quantitative estimate of drug-likeness (QED) is 0.796. The highest BCUT2D eigenvalue weighted by Gasteiger charge is 2.34. The van der Waals surface area contributed by atoms with Gasteiger partial charge in [-0.05, 0) is 31.4 Å². The molecule has 0 aliphatic carbocycles. The number of nitrogens with zero attached hydrogens (tertiary/aromatic N) is 5. The number of hydrogen-bond donors (Lipinski definition) is 1. The van der Waals surface area contributed by atoms with Crippen molar-refractivity contribution in [3.8, 4) is 5.82 Å². The summed E-state index contributed by atoms with van der Waals surface area (Å²) < 4.78 is 1.70. The smallest absolute Gasteiger partial charge is 0.173 e. The molecule has 0 atom stereocenters. The maximum absolute atomic E-state index is 11.0. The van der Waals surface area contributed by atoms with Crippen LogP contribution in [-0.4, -0.2) is 37.9 Å². The van der Waals surface area contributed by atoms with Gasteiger partial charge in [0.2, 0.25) is 0 Å². The van der Waals surface area contributed by atoms with Gasteiger partial charge in [0.05, 0.1) is 18.0 Å². The summed E-state index contributed by atoms with van der Waals surface area (Å²) in [6.07, 6.45) is 8.37. The van der Waals surface area contributed by atoms with Crippen molar-refractivity contribution < 1.29 is 5.11 Å². The number of aliphatic hydroxyl groups is 1. The zero-order valence-electron chi connectivity index (χ0n) is 14.2. The fraction of sp³-hybridized carbons (Fsp3) is 0.316. The second-order valence-corrected chi connectivity index (χ2v) is 6.57. The lowest BCUT2D eigenvalue weighted by atomic mass is 9.84. The Bertz CT molecular complexity index is 837. The first-order chi connectivity index (χ1) is 12.1. The van der Waals surface area contributed by atoms with Crippen molar-refractivity contribution >= 4 is 5.82 Å². The third-order valence-corrected chi connectivity index (χ3v) is 4.85. The van der Waals surface area contributed by atoms with Crippen LogP contribution in [0, 0.1) is 6.92 Å². The first-order valence-corrected chi connectivity index (χ1v) is 8.51. The highest BCUT2D eigenvalue weighted by atomic mass is 16.3. The van der Waals surface area contributed by atoms with Crippen molar-refractivity contribution in [3.05, 3.63) is 66.2 Å². The van der Waals surface area contributed by atoms with Gasteiger partial charge in [0.15, 0.2) is 5.82 Å². The zero-order valence-corrected chi connectivity index (χ0v) is 14.2. The Labute approximate surface area is 146 Å². The monoisotopic (exact) mass is 335 g/mol. The van der Waals surface area contributed by atoms with E-state index < -0.39 is 5.60 Å². The van der Waals surface area contributed by atoms with Gasteiger partial charge in [0, 0.05) is 25.5 Å². The molecule has 1 N–H and O–H groups in total. The minimum absolute atomic E-state index is 0.670. The van der Waals surface area contributed by atoms with Crippen molar-refractivity contribution in [2.45, 2.75) is 25.4 Å². The van der Waals surface area contributed by atoms with E-state index in [1.807, 2.05) is 24.4 Å². The first-order valence-electron chi connectivity index (χ1n) is 8.51. The Morgan fingerprint density at radius 1 is 1.04 bits per heavy atom. The van der Waals surface area contributed by atoms with E-state index in [9.17, 15) is 5.11 Å². The molecule has 3 aromatic rings. The van der Waals surface area contributed by atoms with Crippen LogP contribution in [0.4, 0.5) is 5.82 Å². The number of aryl methyl sites for hydroxylation is 1. The van der Waals surface area contributed by atoms with Crippen LogP contribution in [0.1, 0.15) is 24.0 Å². The van der Waals surface area contributed by atoms with Gasteiger partial charge in [-0.1, -0.05) is 29.8 Å². The summed E-state index contributed by atoms with van der Waals surface area (Å²) >= 11 is 0. The molecule has 2 aromatic heterocycles. The minimum Gasteiger partial charge on any atom is -0.385 e. The largest absolute Gasteiger partial charge is 0.385 e. The highest BCUT2D eigenvalue weighted by Crippen LogP contribution is 2.34. The van der Waals surface area contributed by atoms with E-state index in [0.29, 0.717) is 18.7 Å². The lowest BCUT2D eigenvalue weighted by molar-refractivity contribution is 0.0116. The van der Waals surface area contributed by atoms with Crippen LogP contribution < -0.4 is 4.90 Å². The fourth-order valence-corrected chi connectivity index (χ4v) is 3.27. The van der Waals surface area contributed by atoms with Gasteiger partial charge in [-0.2, -0.15) is 5.10 Å². The van der Waals surface area contributed by atoms with Crippen LogP contribution in [0.25, 0.3) is 5.82 Å². The number of rotatable bonds is 3. The van der Waals surface area contributed by atoms with Crippen molar-refractivity contribution in [1.29, 1.82) is 0 Å². The Morgan fingerprint density at radius 3 is 2.44 bits per heavy atom. The fourth-order valence-electron chi connectivity index (χ4n) is 3.27. The Kier molecular flexibility index (Phi) is 3.97. The van der Waals surface area contributed by atoms with Crippen molar-refractivity contribution in [3.63, 3.8) is 0 Å². The predicted molar refractivity (Wildman–Crippen MR) is 95.7 cm³/mol. The lowest BCUT2D eigenvalue weighted by Crippen LogP contribution is -2.43. The summed E-state index contributed by atoms with van der Waals surface area (Å²) in [5.74, 6) is 1.51. The first kappa shape index (κ1) is 15.8. The van der Waals surface area contributed by atoms with Crippen molar-refractivity contribution in [2.75, 3.05) is 18.0 Å². The van der Waals surface area contributed by atoms with Gasteiger partial charge < -0.3 is 10.0 Å². The zero-order chi connectivity index (χ0) is 17.3. The van der Waals surface area contributed by atoms with E-state index in [0.717, 1.165) is 24.5 Å². The summed E-state index contributed by atoms with van der Waals surface area (Å²) in [7, 11) is 0. The average Bonchev–Trinajstić information content (AvgIpc) is 3.18. The topological polar surface area (TPSA) is 67.1 Å². The van der Waals surface area contributed by atoms with Crippen molar-refractivity contribution in [1.82, 2.24) is 19.7 Å². The molecule has 25 heavy (non-hydrogen) atoms. The standard InChI is InChI=1S/C19H21N5O/c1-15-3-5-16(6-4-15)19(25)7-11-23(12-8-19)17-13-20-14-18(22-17)24-10-2-9-21-24/h2-6,9-10,13-14,25H,7-8,11-12H2,1H3. The third kappa shape index (κ3) is 3.13. The van der Waals surface area contributed by atoms with Crippen LogP contribution >= 0.6 is 0 Å². The molecule has 0 bridgehead atoms. The summed E-state index contributed by atoms with van der Waals surface area (Å²) in [4.78, 5) is 11.1. The van der Waals surface area contributed by atoms with Gasteiger partial charge in [0.25, 0.3) is 0 Å². The summed E-state index contributed by atoms with van der Waals surface area (Å²) in [5, 5.41) is 15.2. The SMILES string of the molecule is Cc1ccc(C2(O)CCN(c3cncc(-n4cccn4)n3)CC2)cc1. The van der Waals surface area contributed by atoms with Crippen molar-refractivity contribution in [2.24, 2.45) is 0 Å². The highest BCUT2D eigenvalue weighted by molar-refractivity contribution is 5.41. The van der Waals surface area contributed by atoms with E-state index in [2.05, 4.69) is 39.0 Å². The minimum atomic E-state index is -0.767. The number of piperidine rings is 1. The Hall–Kier alpha value is -2.73. The molecular formula is C19H21N5O. The molecule has 0 amide bonds. The molecule has 0 unspecified atom stereocenters. The van der Waals surface area contributed by atoms with Gasteiger partial charge in [-0.25, -0.2) is 9.67 Å². The average molecular weight is 335 g/mol. The number of aromatic nitrogens is 4. The molecule has 128 valence electrons. The van der Waals surface area contributed by atoms with E-state index in [-0.39, 0.29) is 0 Å². The van der Waals surface area contributed by atoms with Crippen LogP contribution in [0.5, 0.6) is 0 Å². The van der Waals surface area contributed by atoms with Crippen LogP contribution in [0.2, 0.25) is 0 Å². The number of hydrogen-bond acceptors (Lipinski definition) is 5. The molecule has 0 saturated carbocycles. The van der Waals surface area contributed by atoms with Gasteiger partial charge >= 0.3 is 0 Å². The van der Waals surface area contributed by atoms with Crippen LogP contribution in [0.3, 0.4) is 0 Å². The van der Waals surface area contributed by atoms with Gasteiger partial charge in [0.1, 0.15) is 5.82 Å². The second kappa shape index (κ2) is 6.29. The summed E-state index contributed by atoms with van der Waals surface area (Å²) in [5.41, 5.74) is 1.43. The number of anilines is 1. The molecule has 6 heteroatoms. The van der Waals surface area contributed by atoms with E-state index in [1.54, 1.807) is 23.3 Å². The molecule has 1 saturated heterocycles. The molecule has 1 aliphatic heterocycles. The second-order valence-electron chi connectivity index (χ2n) is 6.57. The van der Waals surface area contributed by atoms with Gasteiger partial charge in [-0.15, -0.1) is 0 Å². The normalized spacial score (nSPS) is 16.8. The Balaban J connectivity index is 1.50.